The number of hydrogen-bond donors (Lipinski definition) is 1. The van der Waals surface area contributed by atoms with Crippen molar-refractivity contribution >= 4 is 6.41 Å². The molecule has 0 aliphatic heterocycles. The van der Waals surface area contributed by atoms with E-state index in [1.165, 1.54) is 0 Å². The van der Waals surface area contributed by atoms with E-state index < -0.39 is 0 Å². The van der Waals surface area contributed by atoms with Crippen molar-refractivity contribution < 1.29 is 9.53 Å². The lowest BCUT2D eigenvalue weighted by molar-refractivity contribution is -0.109. The predicted octanol–water partition coefficient (Wildman–Crippen LogP) is 2.51. The molecule has 0 aliphatic carbocycles. The van der Waals surface area contributed by atoms with Gasteiger partial charge in [0.25, 0.3) is 0 Å². The summed E-state index contributed by atoms with van der Waals surface area (Å²) in [5, 5.41) is 2.63. The van der Waals surface area contributed by atoms with Gasteiger partial charge in [-0.15, -0.1) is 0 Å². The van der Waals surface area contributed by atoms with Gasteiger partial charge in [-0.05, 0) is 23.3 Å². The quantitative estimate of drug-likeness (QED) is 0.789. The van der Waals surface area contributed by atoms with E-state index in [2.05, 4.69) is 5.32 Å². The Bertz CT molecular complexity index is 497. The maximum absolute atomic E-state index is 10.2. The number of ether oxygens (including phenoxy) is 1. The van der Waals surface area contributed by atoms with Crippen LogP contribution in [0.25, 0.3) is 0 Å². The van der Waals surface area contributed by atoms with Crippen LogP contribution in [0.2, 0.25) is 0 Å². The molecule has 0 aliphatic rings. The number of nitrogens with one attached hydrogen (secondary N) is 1. The van der Waals surface area contributed by atoms with Gasteiger partial charge < -0.3 is 10.1 Å². The van der Waals surface area contributed by atoms with E-state index in [0.717, 1.165) is 16.9 Å². The van der Waals surface area contributed by atoms with Crippen molar-refractivity contribution in [1.82, 2.24) is 5.32 Å². The minimum Gasteiger partial charge on any atom is -0.489 e. The molecule has 0 aromatic heterocycles. The minimum atomic E-state index is 0.520. The maximum Gasteiger partial charge on any atom is 0.207 e. The summed E-state index contributed by atoms with van der Waals surface area (Å²) in [5.41, 5.74) is 2.15. The second kappa shape index (κ2) is 6.45. The molecule has 0 unspecified atom stereocenters. The Morgan fingerprint density at radius 1 is 1.00 bits per heavy atom. The highest BCUT2D eigenvalue weighted by Gasteiger charge is 1.97. The van der Waals surface area contributed by atoms with Gasteiger partial charge in [0.15, 0.2) is 0 Å². The Hall–Kier alpha value is -2.29. The Labute approximate surface area is 106 Å². The largest absolute Gasteiger partial charge is 0.489 e. The lowest BCUT2D eigenvalue weighted by atomic mass is 10.2. The molecule has 18 heavy (non-hydrogen) atoms. The SMILES string of the molecule is O=CNCc1cccc(OCc2ccccc2)c1. The van der Waals surface area contributed by atoms with Crippen LogP contribution in [0.15, 0.2) is 54.6 Å². The first kappa shape index (κ1) is 12.2. The van der Waals surface area contributed by atoms with Crippen LogP contribution in [0.1, 0.15) is 11.1 Å². The number of hydrogen-bond acceptors (Lipinski definition) is 2. The molecule has 0 heterocycles. The summed E-state index contributed by atoms with van der Waals surface area (Å²) in [6.07, 6.45) is 0.692. The molecule has 0 fully saturated rings. The second-order valence-corrected chi connectivity index (χ2v) is 3.92. The Balaban J connectivity index is 1.95. The first-order chi connectivity index (χ1) is 8.88. The fraction of sp³-hybridized carbons (Fsp3) is 0.133. The highest BCUT2D eigenvalue weighted by atomic mass is 16.5. The molecule has 3 heteroatoms. The third-order valence-corrected chi connectivity index (χ3v) is 2.54. The van der Waals surface area contributed by atoms with Gasteiger partial charge in [-0.1, -0.05) is 42.5 Å². The maximum atomic E-state index is 10.2. The number of rotatable bonds is 6. The van der Waals surface area contributed by atoms with Gasteiger partial charge in [0, 0.05) is 6.54 Å². The fourth-order valence-electron chi connectivity index (χ4n) is 1.65. The summed E-state index contributed by atoms with van der Waals surface area (Å²) in [5.74, 6) is 0.809. The van der Waals surface area contributed by atoms with Crippen LogP contribution in [-0.2, 0) is 17.9 Å². The van der Waals surface area contributed by atoms with E-state index in [4.69, 9.17) is 4.74 Å². The molecular formula is C15H15NO2. The molecular weight excluding hydrogens is 226 g/mol. The van der Waals surface area contributed by atoms with E-state index in [-0.39, 0.29) is 0 Å². The lowest BCUT2D eigenvalue weighted by Crippen LogP contribution is -2.09. The van der Waals surface area contributed by atoms with Crippen LogP contribution in [0.5, 0.6) is 5.75 Å². The zero-order valence-corrected chi connectivity index (χ0v) is 10.0. The first-order valence-corrected chi connectivity index (χ1v) is 5.81. The molecule has 2 rings (SSSR count). The number of carbonyl (C=O) groups is 1. The van der Waals surface area contributed by atoms with Gasteiger partial charge in [-0.3, -0.25) is 4.79 Å². The predicted molar refractivity (Wildman–Crippen MR) is 70.1 cm³/mol. The van der Waals surface area contributed by atoms with Gasteiger partial charge in [0.05, 0.1) is 0 Å². The highest BCUT2D eigenvalue weighted by molar-refractivity contribution is 5.46. The standard InChI is InChI=1S/C15H15NO2/c17-12-16-10-14-7-4-8-15(9-14)18-11-13-5-2-1-3-6-13/h1-9,12H,10-11H2,(H,16,17). The van der Waals surface area contributed by atoms with Crippen molar-refractivity contribution in [3.8, 4) is 5.75 Å². The lowest BCUT2D eigenvalue weighted by Gasteiger charge is -2.08. The summed E-state index contributed by atoms with van der Waals surface area (Å²) in [4.78, 5) is 10.2. The minimum absolute atomic E-state index is 0.520. The summed E-state index contributed by atoms with van der Waals surface area (Å²) in [6, 6.07) is 17.7. The average Bonchev–Trinajstić information content (AvgIpc) is 2.44. The first-order valence-electron chi connectivity index (χ1n) is 5.81. The van der Waals surface area contributed by atoms with E-state index >= 15 is 0 Å². The van der Waals surface area contributed by atoms with Gasteiger partial charge >= 0.3 is 0 Å². The number of amides is 1. The Morgan fingerprint density at radius 2 is 1.78 bits per heavy atom. The van der Waals surface area contributed by atoms with Gasteiger partial charge in [0.1, 0.15) is 12.4 Å². The molecule has 0 spiro atoms. The van der Waals surface area contributed by atoms with Crippen molar-refractivity contribution in [2.75, 3.05) is 0 Å². The molecule has 2 aromatic carbocycles. The third kappa shape index (κ3) is 3.63. The summed E-state index contributed by atoms with van der Waals surface area (Å²) in [6.45, 7) is 1.07. The molecule has 92 valence electrons. The van der Waals surface area contributed by atoms with E-state index in [9.17, 15) is 4.79 Å². The second-order valence-electron chi connectivity index (χ2n) is 3.92. The van der Waals surface area contributed by atoms with Crippen molar-refractivity contribution in [2.45, 2.75) is 13.2 Å². The molecule has 2 aromatic rings. The van der Waals surface area contributed by atoms with Crippen molar-refractivity contribution in [3.63, 3.8) is 0 Å². The van der Waals surface area contributed by atoms with Crippen LogP contribution < -0.4 is 10.1 Å². The molecule has 0 saturated heterocycles. The van der Waals surface area contributed by atoms with Crippen molar-refractivity contribution in [3.05, 3.63) is 65.7 Å². The summed E-state index contributed by atoms with van der Waals surface area (Å²) in [7, 11) is 0. The zero-order chi connectivity index (χ0) is 12.6. The normalized spacial score (nSPS) is 9.78. The molecule has 1 N–H and O–H groups in total. The van der Waals surface area contributed by atoms with Crippen LogP contribution >= 0.6 is 0 Å². The third-order valence-electron chi connectivity index (χ3n) is 2.54. The molecule has 0 saturated carbocycles. The van der Waals surface area contributed by atoms with E-state index in [1.54, 1.807) is 0 Å². The monoisotopic (exact) mass is 241 g/mol. The van der Waals surface area contributed by atoms with E-state index in [0.29, 0.717) is 19.6 Å². The molecule has 0 atom stereocenters. The summed E-state index contributed by atoms with van der Waals surface area (Å²) >= 11 is 0. The Morgan fingerprint density at radius 3 is 2.56 bits per heavy atom. The van der Waals surface area contributed by atoms with Crippen LogP contribution in [0.3, 0.4) is 0 Å². The summed E-state index contributed by atoms with van der Waals surface area (Å²) < 4.78 is 5.70. The van der Waals surface area contributed by atoms with Crippen LogP contribution in [-0.4, -0.2) is 6.41 Å². The molecule has 0 bridgehead atoms. The van der Waals surface area contributed by atoms with Crippen LogP contribution in [0, 0.1) is 0 Å². The Kier molecular flexibility index (Phi) is 4.36. The average molecular weight is 241 g/mol. The zero-order valence-electron chi connectivity index (χ0n) is 10.0. The topological polar surface area (TPSA) is 38.3 Å². The van der Waals surface area contributed by atoms with Crippen LogP contribution in [0.4, 0.5) is 0 Å². The highest BCUT2D eigenvalue weighted by Crippen LogP contribution is 2.15. The van der Waals surface area contributed by atoms with Crippen molar-refractivity contribution in [2.24, 2.45) is 0 Å². The van der Waals surface area contributed by atoms with Gasteiger partial charge in [0.2, 0.25) is 6.41 Å². The number of benzene rings is 2. The van der Waals surface area contributed by atoms with Gasteiger partial charge in [-0.2, -0.15) is 0 Å². The van der Waals surface area contributed by atoms with E-state index in [1.807, 2.05) is 54.6 Å². The fourth-order valence-corrected chi connectivity index (χ4v) is 1.65. The van der Waals surface area contributed by atoms with Gasteiger partial charge in [-0.25, -0.2) is 0 Å². The molecule has 0 radical (unpaired) electrons. The molecule has 1 amide bonds. The number of carbonyl (C=O) groups excluding carboxylic acids is 1. The smallest absolute Gasteiger partial charge is 0.207 e. The molecule has 3 nitrogen and oxygen atoms in total. The van der Waals surface area contributed by atoms with Crippen molar-refractivity contribution in [1.29, 1.82) is 0 Å².